The second kappa shape index (κ2) is 5.94. The van der Waals surface area contributed by atoms with Gasteiger partial charge in [-0.05, 0) is 18.6 Å². The molecule has 1 unspecified atom stereocenters. The van der Waals surface area contributed by atoms with Gasteiger partial charge in [-0.1, -0.05) is 24.3 Å². The van der Waals surface area contributed by atoms with Crippen LogP contribution in [0, 0.1) is 5.82 Å². The Morgan fingerprint density at radius 2 is 1.96 bits per heavy atom. The number of aldehydes is 1. The highest BCUT2D eigenvalue weighted by Gasteiger charge is 2.23. The largest absolute Gasteiger partial charge is 0.420 e. The number of aromatic nitrogens is 1. The molecule has 9 heteroatoms. The lowest BCUT2D eigenvalue weighted by molar-refractivity contribution is 0.112. The predicted octanol–water partition coefficient (Wildman–Crippen LogP) is 1.80. The fourth-order valence-electron chi connectivity index (χ4n) is 2.75. The third-order valence-corrected chi connectivity index (χ3v) is 4.82. The Labute approximate surface area is 141 Å². The predicted molar refractivity (Wildman–Crippen MR) is 87.4 cm³/mol. The Morgan fingerprint density at radius 1 is 1.28 bits per heavy atom. The molecule has 2 aromatic carbocycles. The van der Waals surface area contributed by atoms with Crippen LogP contribution in [-0.4, -0.2) is 19.3 Å². The van der Waals surface area contributed by atoms with Gasteiger partial charge in [0.2, 0.25) is 10.0 Å². The monoisotopic (exact) mass is 364 g/mol. The molecule has 0 amide bonds. The van der Waals surface area contributed by atoms with E-state index in [0.717, 1.165) is 16.7 Å². The molecule has 0 saturated heterocycles. The maximum Gasteiger partial charge on any atom is 0.420 e. The van der Waals surface area contributed by atoms with E-state index < -0.39 is 32.5 Å². The van der Waals surface area contributed by atoms with Gasteiger partial charge in [-0.25, -0.2) is 22.7 Å². The van der Waals surface area contributed by atoms with E-state index in [2.05, 4.69) is 0 Å². The Hall–Kier alpha value is -2.78. The van der Waals surface area contributed by atoms with Crippen molar-refractivity contribution in [2.24, 2.45) is 5.14 Å². The van der Waals surface area contributed by atoms with E-state index in [1.54, 1.807) is 31.2 Å². The molecule has 2 N–H and O–H groups in total. The number of fused-ring (bicyclic) bond motifs is 1. The third kappa shape index (κ3) is 2.87. The van der Waals surface area contributed by atoms with Crippen molar-refractivity contribution in [2.75, 3.05) is 0 Å². The zero-order chi connectivity index (χ0) is 18.4. The summed E-state index contributed by atoms with van der Waals surface area (Å²) in [6.45, 7) is 1.60. The summed E-state index contributed by atoms with van der Waals surface area (Å²) in [6, 6.07) is 7.55. The second-order valence-electron chi connectivity index (χ2n) is 5.46. The number of benzene rings is 2. The minimum Gasteiger partial charge on any atom is -0.408 e. The van der Waals surface area contributed by atoms with Crippen LogP contribution in [0.15, 0.2) is 50.5 Å². The van der Waals surface area contributed by atoms with Crippen LogP contribution in [0.5, 0.6) is 0 Å². The highest BCUT2D eigenvalue weighted by Crippen LogP contribution is 2.27. The number of carbonyl (C=O) groups is 1. The second-order valence-corrected chi connectivity index (χ2v) is 7.02. The molecule has 25 heavy (non-hydrogen) atoms. The molecular weight excluding hydrogens is 351 g/mol. The summed E-state index contributed by atoms with van der Waals surface area (Å²) in [7, 11) is -4.16. The van der Waals surface area contributed by atoms with Crippen molar-refractivity contribution >= 4 is 27.4 Å². The van der Waals surface area contributed by atoms with Crippen LogP contribution in [0.25, 0.3) is 11.1 Å². The third-order valence-electron chi connectivity index (χ3n) is 3.93. The summed E-state index contributed by atoms with van der Waals surface area (Å²) < 4.78 is 43.3. The van der Waals surface area contributed by atoms with E-state index in [1.165, 1.54) is 0 Å². The number of sulfonamides is 1. The van der Waals surface area contributed by atoms with E-state index in [9.17, 15) is 22.4 Å². The van der Waals surface area contributed by atoms with Crippen molar-refractivity contribution in [2.45, 2.75) is 17.9 Å². The van der Waals surface area contributed by atoms with Crippen LogP contribution < -0.4 is 10.9 Å². The molecule has 0 bridgehead atoms. The van der Waals surface area contributed by atoms with Gasteiger partial charge in [0.1, 0.15) is 11.8 Å². The lowest BCUT2D eigenvalue weighted by Crippen LogP contribution is -2.21. The van der Waals surface area contributed by atoms with Crippen LogP contribution in [0.3, 0.4) is 0 Å². The molecule has 1 aromatic heterocycles. The highest BCUT2D eigenvalue weighted by molar-refractivity contribution is 7.89. The Kier molecular flexibility index (Phi) is 4.05. The average molecular weight is 364 g/mol. The van der Waals surface area contributed by atoms with Gasteiger partial charge in [-0.15, -0.1) is 0 Å². The first-order valence-electron chi connectivity index (χ1n) is 7.15. The fourth-order valence-corrected chi connectivity index (χ4v) is 3.29. The molecule has 0 aliphatic rings. The van der Waals surface area contributed by atoms with Crippen molar-refractivity contribution in [1.29, 1.82) is 0 Å². The minimum absolute atomic E-state index is 0.203. The van der Waals surface area contributed by atoms with Crippen LogP contribution in [-0.2, 0) is 10.0 Å². The van der Waals surface area contributed by atoms with Crippen molar-refractivity contribution in [3.05, 3.63) is 63.9 Å². The maximum atomic E-state index is 14.5. The summed E-state index contributed by atoms with van der Waals surface area (Å²) in [6.07, 6.45) is 0.634. The van der Waals surface area contributed by atoms with E-state index in [-0.39, 0.29) is 11.1 Å². The van der Waals surface area contributed by atoms with E-state index in [4.69, 9.17) is 9.56 Å². The van der Waals surface area contributed by atoms with Crippen molar-refractivity contribution in [3.8, 4) is 0 Å². The van der Waals surface area contributed by atoms with Gasteiger partial charge >= 0.3 is 5.76 Å². The number of oxazole rings is 1. The highest BCUT2D eigenvalue weighted by atomic mass is 32.2. The average Bonchev–Trinajstić information content (AvgIpc) is 2.89. The summed E-state index contributed by atoms with van der Waals surface area (Å²) >= 11 is 0. The molecule has 7 nitrogen and oxygen atoms in total. The number of hydrogen-bond donors (Lipinski definition) is 1. The number of nitrogens with two attached hydrogens (primary N) is 1. The van der Waals surface area contributed by atoms with E-state index in [1.807, 2.05) is 0 Å². The first-order chi connectivity index (χ1) is 11.7. The molecule has 3 rings (SSSR count). The SMILES string of the molecule is CC(c1ccccc1C=O)n1c(=O)oc2cc(S(N)(=O)=O)cc(F)c21. The van der Waals surface area contributed by atoms with Gasteiger partial charge in [-0.3, -0.25) is 9.36 Å². The van der Waals surface area contributed by atoms with Crippen molar-refractivity contribution in [1.82, 2.24) is 4.57 Å². The number of hydrogen-bond acceptors (Lipinski definition) is 5. The van der Waals surface area contributed by atoms with Crippen LogP contribution >= 0.6 is 0 Å². The van der Waals surface area contributed by atoms with Crippen LogP contribution in [0.1, 0.15) is 28.9 Å². The van der Waals surface area contributed by atoms with Crippen molar-refractivity contribution < 1.29 is 22.0 Å². The van der Waals surface area contributed by atoms with Gasteiger partial charge in [0.25, 0.3) is 0 Å². The molecule has 1 heterocycles. The van der Waals surface area contributed by atoms with E-state index >= 15 is 0 Å². The lowest BCUT2D eigenvalue weighted by Gasteiger charge is -2.15. The molecule has 1 atom stereocenters. The number of rotatable bonds is 4. The Morgan fingerprint density at radius 3 is 2.60 bits per heavy atom. The molecule has 130 valence electrons. The molecule has 0 aliphatic carbocycles. The minimum atomic E-state index is -4.16. The molecule has 0 saturated carbocycles. The van der Waals surface area contributed by atoms with Crippen LogP contribution in [0.4, 0.5) is 4.39 Å². The zero-order valence-electron chi connectivity index (χ0n) is 13.0. The number of primary sulfonamides is 1. The van der Waals surface area contributed by atoms with E-state index in [0.29, 0.717) is 17.4 Å². The van der Waals surface area contributed by atoms with Crippen molar-refractivity contribution in [3.63, 3.8) is 0 Å². The number of nitrogens with zero attached hydrogens (tertiary/aromatic N) is 1. The zero-order valence-corrected chi connectivity index (χ0v) is 13.8. The first kappa shape index (κ1) is 17.1. The summed E-state index contributed by atoms with van der Waals surface area (Å²) in [5, 5.41) is 4.99. The fraction of sp³-hybridized carbons (Fsp3) is 0.125. The Balaban J connectivity index is 2.29. The van der Waals surface area contributed by atoms with Gasteiger partial charge in [-0.2, -0.15) is 0 Å². The normalized spacial score (nSPS) is 13.1. The quantitative estimate of drug-likeness (QED) is 0.710. The summed E-state index contributed by atoms with van der Waals surface area (Å²) in [4.78, 5) is 22.9. The van der Waals surface area contributed by atoms with Gasteiger partial charge < -0.3 is 4.42 Å². The summed E-state index contributed by atoms with van der Waals surface area (Å²) in [5.41, 5.74) is 0.394. The van der Waals surface area contributed by atoms with Gasteiger partial charge in [0.05, 0.1) is 10.9 Å². The number of carbonyl (C=O) groups excluding carboxylic acids is 1. The summed E-state index contributed by atoms with van der Waals surface area (Å²) in [5.74, 6) is -1.85. The topological polar surface area (TPSA) is 112 Å². The first-order valence-corrected chi connectivity index (χ1v) is 8.70. The molecule has 0 spiro atoms. The Bertz CT molecular complexity index is 1150. The number of halogens is 1. The molecule has 0 aliphatic heterocycles. The molecule has 0 radical (unpaired) electrons. The maximum absolute atomic E-state index is 14.5. The molecular formula is C16H13FN2O5S. The van der Waals surface area contributed by atoms with Crippen LogP contribution in [0.2, 0.25) is 0 Å². The molecule has 3 aromatic rings. The smallest absolute Gasteiger partial charge is 0.408 e. The lowest BCUT2D eigenvalue weighted by atomic mass is 10.0. The molecule has 0 fully saturated rings. The van der Waals surface area contributed by atoms with Gasteiger partial charge in [0.15, 0.2) is 11.4 Å². The van der Waals surface area contributed by atoms with Gasteiger partial charge in [0, 0.05) is 11.6 Å². The standard InChI is InChI=1S/C16H13FN2O5S/c1-9(12-5-3-2-4-10(12)8-20)19-15-13(17)6-11(25(18,22)23)7-14(15)24-16(19)21/h2-9H,1H3,(H2,18,22,23).